The first kappa shape index (κ1) is 17.7. The molecule has 3 rings (SSSR count). The highest BCUT2D eigenvalue weighted by atomic mass is 16.2. The Balaban J connectivity index is 1.74. The van der Waals surface area contributed by atoms with Crippen LogP contribution in [0.1, 0.15) is 60.1 Å². The summed E-state index contributed by atoms with van der Waals surface area (Å²) < 4.78 is 0. The zero-order valence-corrected chi connectivity index (χ0v) is 15.1. The molecule has 6 nitrogen and oxygen atoms in total. The fourth-order valence-corrected chi connectivity index (χ4v) is 3.85. The molecule has 6 heteroatoms. The molecule has 0 radical (unpaired) electrons. The van der Waals surface area contributed by atoms with E-state index >= 15 is 0 Å². The molecular formula is C19H27N3O3. The van der Waals surface area contributed by atoms with E-state index in [4.69, 9.17) is 0 Å². The Morgan fingerprint density at radius 3 is 2.72 bits per heavy atom. The number of H-pyrrole nitrogens is 1. The standard InChI is InChI=1S/C19H27N3O3/c1-13-12-16(18(24)20-14(13)2)19(25)22-10-4-3-6-15(22)8-11-21-9-5-7-17(21)23/h12,15H,3-11H2,1-2H3,(H,20,24)/t15-/m1/s1. The van der Waals surface area contributed by atoms with Gasteiger partial charge in [-0.3, -0.25) is 14.4 Å². The van der Waals surface area contributed by atoms with Crippen molar-refractivity contribution in [3.63, 3.8) is 0 Å². The molecule has 0 bridgehead atoms. The van der Waals surface area contributed by atoms with Crippen molar-refractivity contribution in [3.8, 4) is 0 Å². The number of carbonyl (C=O) groups is 2. The number of pyridine rings is 1. The molecule has 2 aliphatic rings. The van der Waals surface area contributed by atoms with Crippen molar-refractivity contribution in [3.05, 3.63) is 33.2 Å². The number of piperidine rings is 1. The molecule has 2 aliphatic heterocycles. The molecule has 0 unspecified atom stereocenters. The van der Waals surface area contributed by atoms with Crippen molar-refractivity contribution in [2.24, 2.45) is 0 Å². The Labute approximate surface area is 148 Å². The predicted molar refractivity (Wildman–Crippen MR) is 95.6 cm³/mol. The van der Waals surface area contributed by atoms with E-state index in [-0.39, 0.29) is 29.0 Å². The molecule has 2 amide bonds. The van der Waals surface area contributed by atoms with Crippen LogP contribution in [0.5, 0.6) is 0 Å². The van der Waals surface area contributed by atoms with Gasteiger partial charge in [0.25, 0.3) is 11.5 Å². The Bertz CT molecular complexity index is 725. The minimum atomic E-state index is -0.313. The fourth-order valence-electron chi connectivity index (χ4n) is 3.85. The summed E-state index contributed by atoms with van der Waals surface area (Å²) >= 11 is 0. The lowest BCUT2D eigenvalue weighted by Crippen LogP contribution is -2.46. The summed E-state index contributed by atoms with van der Waals surface area (Å²) in [6, 6.07) is 1.81. The van der Waals surface area contributed by atoms with Crippen LogP contribution >= 0.6 is 0 Å². The van der Waals surface area contributed by atoms with E-state index in [0.29, 0.717) is 19.5 Å². The molecule has 0 aliphatic carbocycles. The SMILES string of the molecule is Cc1cc(C(=O)N2CCCC[C@@H]2CCN2CCCC2=O)c(=O)[nH]c1C. The Morgan fingerprint density at radius 2 is 2.00 bits per heavy atom. The van der Waals surface area contributed by atoms with Crippen LogP contribution in [0.15, 0.2) is 10.9 Å². The summed E-state index contributed by atoms with van der Waals surface area (Å²) in [6.07, 6.45) is 5.37. The number of hydrogen-bond acceptors (Lipinski definition) is 3. The van der Waals surface area contributed by atoms with Crippen molar-refractivity contribution < 1.29 is 9.59 Å². The molecule has 0 spiro atoms. The molecule has 136 valence electrons. The van der Waals surface area contributed by atoms with Crippen LogP contribution in [0, 0.1) is 13.8 Å². The van der Waals surface area contributed by atoms with Crippen LogP contribution in [-0.2, 0) is 4.79 Å². The average molecular weight is 345 g/mol. The second-order valence-electron chi connectivity index (χ2n) is 7.24. The average Bonchev–Trinajstić information content (AvgIpc) is 3.01. The summed E-state index contributed by atoms with van der Waals surface area (Å²) in [5, 5.41) is 0. The van der Waals surface area contributed by atoms with Crippen LogP contribution in [0.25, 0.3) is 0 Å². The monoisotopic (exact) mass is 345 g/mol. The molecule has 1 aromatic rings. The third-order valence-electron chi connectivity index (χ3n) is 5.52. The van der Waals surface area contributed by atoms with Gasteiger partial charge in [-0.1, -0.05) is 0 Å². The third-order valence-corrected chi connectivity index (χ3v) is 5.52. The van der Waals surface area contributed by atoms with Gasteiger partial charge < -0.3 is 14.8 Å². The number of aromatic amines is 1. The number of nitrogens with zero attached hydrogens (tertiary/aromatic N) is 2. The smallest absolute Gasteiger partial charge is 0.261 e. The van der Waals surface area contributed by atoms with Gasteiger partial charge in [0, 0.05) is 37.8 Å². The summed E-state index contributed by atoms with van der Waals surface area (Å²) in [5.41, 5.74) is 1.63. The molecule has 2 fully saturated rings. The minimum absolute atomic E-state index is 0.107. The normalized spacial score (nSPS) is 21.0. The summed E-state index contributed by atoms with van der Waals surface area (Å²) in [5.74, 6) is 0.0427. The van der Waals surface area contributed by atoms with Gasteiger partial charge in [-0.05, 0) is 57.6 Å². The number of nitrogens with one attached hydrogen (secondary N) is 1. The zero-order valence-electron chi connectivity index (χ0n) is 15.1. The van der Waals surface area contributed by atoms with Gasteiger partial charge in [0.1, 0.15) is 5.56 Å². The highest BCUT2D eigenvalue weighted by Crippen LogP contribution is 2.23. The minimum Gasteiger partial charge on any atom is -0.343 e. The van der Waals surface area contributed by atoms with Crippen LogP contribution in [0.2, 0.25) is 0 Å². The van der Waals surface area contributed by atoms with E-state index < -0.39 is 0 Å². The lowest BCUT2D eigenvalue weighted by molar-refractivity contribution is -0.127. The van der Waals surface area contributed by atoms with Gasteiger partial charge >= 0.3 is 0 Å². The van der Waals surface area contributed by atoms with Gasteiger partial charge in [-0.2, -0.15) is 0 Å². The zero-order chi connectivity index (χ0) is 18.0. The van der Waals surface area contributed by atoms with Crippen molar-refractivity contribution >= 4 is 11.8 Å². The summed E-state index contributed by atoms with van der Waals surface area (Å²) in [7, 11) is 0. The second kappa shape index (κ2) is 7.42. The summed E-state index contributed by atoms with van der Waals surface area (Å²) in [6.45, 7) is 5.95. The topological polar surface area (TPSA) is 73.5 Å². The lowest BCUT2D eigenvalue weighted by Gasteiger charge is -2.36. The summed E-state index contributed by atoms with van der Waals surface area (Å²) in [4.78, 5) is 43.5. The maximum atomic E-state index is 13.0. The number of aryl methyl sites for hydroxylation is 2. The van der Waals surface area contributed by atoms with Gasteiger partial charge in [0.15, 0.2) is 0 Å². The van der Waals surface area contributed by atoms with Crippen molar-refractivity contribution in [1.82, 2.24) is 14.8 Å². The van der Waals surface area contributed by atoms with Crippen LogP contribution in [0.4, 0.5) is 0 Å². The highest BCUT2D eigenvalue weighted by molar-refractivity contribution is 5.94. The van der Waals surface area contributed by atoms with Crippen molar-refractivity contribution in [2.75, 3.05) is 19.6 Å². The number of likely N-dealkylation sites (tertiary alicyclic amines) is 2. The van der Waals surface area contributed by atoms with E-state index in [9.17, 15) is 14.4 Å². The van der Waals surface area contributed by atoms with Crippen molar-refractivity contribution in [1.29, 1.82) is 0 Å². The Hall–Kier alpha value is -2.11. The molecule has 25 heavy (non-hydrogen) atoms. The number of aromatic nitrogens is 1. The maximum absolute atomic E-state index is 13.0. The first-order chi connectivity index (χ1) is 12.0. The van der Waals surface area contributed by atoms with E-state index in [2.05, 4.69) is 4.98 Å². The maximum Gasteiger partial charge on any atom is 0.261 e. The quantitative estimate of drug-likeness (QED) is 0.907. The highest BCUT2D eigenvalue weighted by Gasteiger charge is 2.30. The lowest BCUT2D eigenvalue weighted by atomic mass is 9.97. The van der Waals surface area contributed by atoms with Gasteiger partial charge in [0.05, 0.1) is 0 Å². The third kappa shape index (κ3) is 3.78. The molecule has 0 saturated carbocycles. The second-order valence-corrected chi connectivity index (χ2v) is 7.24. The van der Waals surface area contributed by atoms with Crippen LogP contribution in [0.3, 0.4) is 0 Å². The van der Waals surface area contributed by atoms with E-state index in [1.54, 1.807) is 6.07 Å². The van der Waals surface area contributed by atoms with E-state index in [0.717, 1.165) is 49.9 Å². The molecule has 0 aromatic carbocycles. The largest absolute Gasteiger partial charge is 0.343 e. The molecular weight excluding hydrogens is 318 g/mol. The first-order valence-corrected chi connectivity index (χ1v) is 9.26. The molecule has 1 atom stereocenters. The molecule has 1 aromatic heterocycles. The first-order valence-electron chi connectivity index (χ1n) is 9.26. The molecule has 2 saturated heterocycles. The Kier molecular flexibility index (Phi) is 5.25. The number of carbonyl (C=O) groups excluding carboxylic acids is 2. The predicted octanol–water partition coefficient (Wildman–Crippen LogP) is 2.00. The number of amides is 2. The van der Waals surface area contributed by atoms with Gasteiger partial charge in [-0.25, -0.2) is 0 Å². The number of rotatable bonds is 4. The van der Waals surface area contributed by atoms with Crippen molar-refractivity contribution in [2.45, 2.75) is 58.4 Å². The fraction of sp³-hybridized carbons (Fsp3) is 0.632. The van der Waals surface area contributed by atoms with Gasteiger partial charge in [-0.15, -0.1) is 0 Å². The van der Waals surface area contributed by atoms with Crippen LogP contribution in [-0.4, -0.2) is 52.3 Å². The van der Waals surface area contributed by atoms with Crippen LogP contribution < -0.4 is 5.56 Å². The Morgan fingerprint density at radius 1 is 1.20 bits per heavy atom. The van der Waals surface area contributed by atoms with Gasteiger partial charge in [0.2, 0.25) is 5.91 Å². The number of hydrogen-bond donors (Lipinski definition) is 1. The molecule has 3 heterocycles. The van der Waals surface area contributed by atoms with E-state index in [1.807, 2.05) is 23.6 Å². The molecule has 1 N–H and O–H groups in total. The van der Waals surface area contributed by atoms with E-state index in [1.165, 1.54) is 0 Å².